The number of ether oxygens (including phenoxy) is 1. The molecule has 0 saturated heterocycles. The van der Waals surface area contributed by atoms with E-state index in [0.29, 0.717) is 0 Å². The van der Waals surface area contributed by atoms with Gasteiger partial charge in [0.05, 0.1) is 6.10 Å². The molecular formula is C6H15N2O3P. The Morgan fingerprint density at radius 2 is 1.83 bits per heavy atom. The van der Waals surface area contributed by atoms with Crippen LogP contribution in [0.1, 0.15) is 20.8 Å². The summed E-state index contributed by atoms with van der Waals surface area (Å²) in [6, 6.07) is 0. The molecule has 0 unspecified atom stereocenters. The van der Waals surface area contributed by atoms with Crippen LogP contribution in [0.5, 0.6) is 0 Å². The molecule has 72 valence electrons. The van der Waals surface area contributed by atoms with Gasteiger partial charge in [-0.25, -0.2) is 4.79 Å². The zero-order valence-corrected chi connectivity index (χ0v) is 8.38. The van der Waals surface area contributed by atoms with E-state index in [1.165, 1.54) is 0 Å². The van der Waals surface area contributed by atoms with Crippen LogP contribution in [0.2, 0.25) is 0 Å². The molecule has 1 atom stereocenters. The van der Waals surface area contributed by atoms with Gasteiger partial charge in [0.25, 0.3) is 0 Å². The van der Waals surface area contributed by atoms with Crippen molar-refractivity contribution in [2.45, 2.75) is 33.0 Å². The number of esters is 1. The number of hydrogen-bond acceptors (Lipinski definition) is 5. The molecule has 4 N–H and O–H groups in total. The SMILES string of the molecule is CC(C)OC(=O)[C@H](C)OP(N)N. The fourth-order valence-corrected chi connectivity index (χ4v) is 1.00. The van der Waals surface area contributed by atoms with Gasteiger partial charge >= 0.3 is 5.97 Å². The van der Waals surface area contributed by atoms with E-state index in [1.54, 1.807) is 20.8 Å². The Morgan fingerprint density at radius 3 is 2.17 bits per heavy atom. The Balaban J connectivity index is 3.77. The van der Waals surface area contributed by atoms with E-state index in [9.17, 15) is 4.79 Å². The van der Waals surface area contributed by atoms with Crippen molar-refractivity contribution in [2.24, 2.45) is 11.0 Å². The van der Waals surface area contributed by atoms with Crippen LogP contribution in [0.3, 0.4) is 0 Å². The van der Waals surface area contributed by atoms with Crippen LogP contribution in [0.4, 0.5) is 0 Å². The molecule has 0 aromatic carbocycles. The van der Waals surface area contributed by atoms with Crippen molar-refractivity contribution in [1.29, 1.82) is 0 Å². The zero-order chi connectivity index (χ0) is 9.72. The van der Waals surface area contributed by atoms with Crippen molar-refractivity contribution in [3.63, 3.8) is 0 Å². The quantitative estimate of drug-likeness (QED) is 0.502. The van der Waals surface area contributed by atoms with Crippen LogP contribution in [0.25, 0.3) is 0 Å². The van der Waals surface area contributed by atoms with Gasteiger partial charge in [-0.05, 0) is 20.8 Å². The van der Waals surface area contributed by atoms with Crippen LogP contribution in [-0.4, -0.2) is 18.2 Å². The third kappa shape index (κ3) is 5.43. The summed E-state index contributed by atoms with van der Waals surface area (Å²) in [6.07, 6.45) is -0.834. The lowest BCUT2D eigenvalue weighted by Gasteiger charge is -2.15. The first-order valence-corrected chi connectivity index (χ1v) is 5.00. The molecular weight excluding hydrogens is 179 g/mol. The Bertz CT molecular complexity index is 152. The number of hydrogen-bond donors (Lipinski definition) is 2. The lowest BCUT2D eigenvalue weighted by atomic mass is 10.4. The van der Waals surface area contributed by atoms with Crippen LogP contribution < -0.4 is 11.0 Å². The molecule has 0 amide bonds. The fraction of sp³-hybridized carbons (Fsp3) is 0.833. The molecule has 0 saturated carbocycles. The molecule has 0 fully saturated rings. The number of nitrogens with two attached hydrogens (primary N) is 2. The summed E-state index contributed by atoms with van der Waals surface area (Å²) < 4.78 is 9.71. The molecule has 0 radical (unpaired) electrons. The van der Waals surface area contributed by atoms with E-state index in [1.807, 2.05) is 0 Å². The van der Waals surface area contributed by atoms with E-state index < -0.39 is 20.5 Å². The van der Waals surface area contributed by atoms with Gasteiger partial charge in [0.2, 0.25) is 0 Å². The lowest BCUT2D eigenvalue weighted by molar-refractivity contribution is -0.154. The van der Waals surface area contributed by atoms with E-state index >= 15 is 0 Å². The third-order valence-corrected chi connectivity index (χ3v) is 1.52. The van der Waals surface area contributed by atoms with Crippen LogP contribution in [-0.2, 0) is 14.1 Å². The second-order valence-electron chi connectivity index (χ2n) is 2.59. The van der Waals surface area contributed by atoms with Gasteiger partial charge in [0.1, 0.15) is 0 Å². The van der Waals surface area contributed by atoms with E-state index in [-0.39, 0.29) is 6.10 Å². The van der Waals surface area contributed by atoms with Crippen molar-refractivity contribution in [1.82, 2.24) is 0 Å². The van der Waals surface area contributed by atoms with Gasteiger partial charge < -0.3 is 9.26 Å². The highest BCUT2D eigenvalue weighted by Gasteiger charge is 2.17. The van der Waals surface area contributed by atoms with Crippen LogP contribution in [0, 0.1) is 0 Å². The van der Waals surface area contributed by atoms with Crippen LogP contribution >= 0.6 is 8.45 Å². The minimum absolute atomic E-state index is 0.148. The van der Waals surface area contributed by atoms with Crippen LogP contribution in [0.15, 0.2) is 0 Å². The normalized spacial score (nSPS) is 13.6. The highest BCUT2D eigenvalue weighted by molar-refractivity contribution is 7.47. The molecule has 0 aliphatic carbocycles. The standard InChI is InChI=1S/C6H15N2O3P/c1-4(2)10-6(9)5(3)11-12(7)8/h4-5H,7-8H2,1-3H3/t5-/m0/s1. The van der Waals surface area contributed by atoms with Crippen molar-refractivity contribution in [3.8, 4) is 0 Å². The van der Waals surface area contributed by atoms with Gasteiger partial charge in [-0.3, -0.25) is 11.0 Å². The number of rotatable bonds is 4. The molecule has 0 aliphatic heterocycles. The molecule has 12 heavy (non-hydrogen) atoms. The summed E-state index contributed by atoms with van der Waals surface area (Å²) in [5.41, 5.74) is 10.3. The number of carbonyl (C=O) groups excluding carboxylic acids is 1. The minimum atomic E-state index is -1.50. The molecule has 6 heteroatoms. The summed E-state index contributed by atoms with van der Waals surface area (Å²) in [5, 5.41) is 0. The van der Waals surface area contributed by atoms with Gasteiger partial charge in [-0.15, -0.1) is 0 Å². The Labute approximate surface area is 73.3 Å². The lowest BCUT2D eigenvalue weighted by Crippen LogP contribution is -2.26. The van der Waals surface area contributed by atoms with Gasteiger partial charge in [-0.2, -0.15) is 0 Å². The number of carbonyl (C=O) groups is 1. The Morgan fingerprint density at radius 1 is 1.33 bits per heavy atom. The maximum Gasteiger partial charge on any atom is 0.335 e. The van der Waals surface area contributed by atoms with Crippen molar-refractivity contribution >= 4 is 14.4 Å². The molecule has 0 aromatic rings. The zero-order valence-electron chi connectivity index (χ0n) is 7.48. The Hall–Kier alpha value is -0.220. The third-order valence-electron chi connectivity index (χ3n) is 0.964. The second kappa shape index (κ2) is 5.43. The van der Waals surface area contributed by atoms with Crippen molar-refractivity contribution in [2.75, 3.05) is 0 Å². The van der Waals surface area contributed by atoms with Gasteiger partial charge in [-0.1, -0.05) is 0 Å². The molecule has 5 nitrogen and oxygen atoms in total. The first-order valence-electron chi connectivity index (χ1n) is 3.60. The average Bonchev–Trinajstić information content (AvgIpc) is 1.84. The maximum absolute atomic E-state index is 11.0. The van der Waals surface area contributed by atoms with Gasteiger partial charge in [0, 0.05) is 0 Å². The predicted molar refractivity (Wildman–Crippen MR) is 47.1 cm³/mol. The van der Waals surface area contributed by atoms with Crippen molar-refractivity contribution < 1.29 is 14.1 Å². The highest BCUT2D eigenvalue weighted by atomic mass is 31.2. The van der Waals surface area contributed by atoms with E-state index in [2.05, 4.69) is 0 Å². The average molecular weight is 194 g/mol. The molecule has 0 aliphatic rings. The largest absolute Gasteiger partial charge is 0.461 e. The maximum atomic E-state index is 11.0. The summed E-state index contributed by atoms with van der Waals surface area (Å²) >= 11 is 0. The summed E-state index contributed by atoms with van der Waals surface area (Å²) in [5.74, 6) is -0.437. The first kappa shape index (κ1) is 11.8. The summed E-state index contributed by atoms with van der Waals surface area (Å²) in [4.78, 5) is 11.0. The summed E-state index contributed by atoms with van der Waals surface area (Å²) in [6.45, 7) is 5.08. The van der Waals surface area contributed by atoms with Crippen molar-refractivity contribution in [3.05, 3.63) is 0 Å². The van der Waals surface area contributed by atoms with E-state index in [4.69, 9.17) is 20.3 Å². The predicted octanol–water partition coefficient (Wildman–Crippen LogP) is 0.487. The Kier molecular flexibility index (Phi) is 5.33. The molecule has 0 spiro atoms. The fourth-order valence-electron chi connectivity index (χ4n) is 0.554. The monoisotopic (exact) mass is 194 g/mol. The van der Waals surface area contributed by atoms with Gasteiger partial charge in [0.15, 0.2) is 14.6 Å². The smallest absolute Gasteiger partial charge is 0.335 e. The summed E-state index contributed by atoms with van der Waals surface area (Å²) in [7, 11) is -1.50. The topological polar surface area (TPSA) is 87.6 Å². The minimum Gasteiger partial charge on any atom is -0.461 e. The second-order valence-corrected chi connectivity index (χ2v) is 3.52. The first-order chi connectivity index (χ1) is 5.43. The molecule has 0 heterocycles. The highest BCUT2D eigenvalue weighted by Crippen LogP contribution is 2.18. The van der Waals surface area contributed by atoms with E-state index in [0.717, 1.165) is 0 Å². The molecule has 0 aromatic heterocycles. The molecule has 0 bridgehead atoms. The molecule has 0 rings (SSSR count).